The second kappa shape index (κ2) is 6.29. The van der Waals surface area contributed by atoms with Gasteiger partial charge in [0, 0.05) is 12.6 Å². The molecule has 5 nitrogen and oxygen atoms in total. The molecule has 3 aliphatic heterocycles. The van der Waals surface area contributed by atoms with Gasteiger partial charge in [-0.15, -0.1) is 0 Å². The zero-order valence-corrected chi connectivity index (χ0v) is 13.6. The van der Waals surface area contributed by atoms with Crippen LogP contribution in [0.5, 0.6) is 10.9 Å². The van der Waals surface area contributed by atoms with Gasteiger partial charge in [0.05, 0.1) is 6.20 Å². The maximum atomic E-state index is 12.4. The molecular formula is C17H19N3O2S. The second-order valence-corrected chi connectivity index (χ2v) is 7.12. The molecule has 1 aromatic carbocycles. The van der Waals surface area contributed by atoms with Gasteiger partial charge in [0.25, 0.3) is 11.1 Å². The van der Waals surface area contributed by atoms with Crippen molar-refractivity contribution in [1.82, 2.24) is 15.2 Å². The lowest BCUT2D eigenvalue weighted by Gasteiger charge is -2.44. The van der Waals surface area contributed by atoms with E-state index in [9.17, 15) is 4.79 Å². The quantitative estimate of drug-likeness (QED) is 0.937. The number of fused-ring (bicyclic) bond motifs is 3. The van der Waals surface area contributed by atoms with Crippen molar-refractivity contribution >= 4 is 17.2 Å². The van der Waals surface area contributed by atoms with Crippen LogP contribution in [0.4, 0.5) is 0 Å². The van der Waals surface area contributed by atoms with Gasteiger partial charge in [-0.1, -0.05) is 29.5 Å². The van der Waals surface area contributed by atoms with Crippen molar-refractivity contribution in [3.05, 3.63) is 41.4 Å². The van der Waals surface area contributed by atoms with Gasteiger partial charge < -0.3 is 15.0 Å². The summed E-state index contributed by atoms with van der Waals surface area (Å²) in [5, 5.41) is 3.67. The fourth-order valence-corrected chi connectivity index (χ4v) is 4.06. The summed E-state index contributed by atoms with van der Waals surface area (Å²) in [5.74, 6) is 1.31. The van der Waals surface area contributed by atoms with Crippen molar-refractivity contribution < 1.29 is 9.53 Å². The Morgan fingerprint density at radius 3 is 2.74 bits per heavy atom. The lowest BCUT2D eigenvalue weighted by Crippen LogP contribution is -2.57. The number of aromatic nitrogens is 1. The first-order valence-corrected chi connectivity index (χ1v) is 8.81. The van der Waals surface area contributed by atoms with Crippen LogP contribution >= 0.6 is 11.3 Å². The number of carbonyl (C=O) groups is 1. The van der Waals surface area contributed by atoms with Gasteiger partial charge in [0.2, 0.25) is 0 Å². The van der Waals surface area contributed by atoms with Gasteiger partial charge in [0.1, 0.15) is 10.6 Å². The molecule has 3 aliphatic rings. The van der Waals surface area contributed by atoms with Crippen molar-refractivity contribution in [3.63, 3.8) is 0 Å². The molecule has 1 N–H and O–H groups in total. The molecule has 1 atom stereocenters. The van der Waals surface area contributed by atoms with Crippen LogP contribution in [0.1, 0.15) is 22.5 Å². The summed E-state index contributed by atoms with van der Waals surface area (Å²) in [6.45, 7) is 3.32. The number of ether oxygens (including phenoxy) is 1. The van der Waals surface area contributed by atoms with E-state index >= 15 is 0 Å². The molecule has 1 aromatic heterocycles. The van der Waals surface area contributed by atoms with Gasteiger partial charge in [0.15, 0.2) is 0 Å². The maximum Gasteiger partial charge on any atom is 0.279 e. The molecule has 0 spiro atoms. The molecule has 0 radical (unpaired) electrons. The van der Waals surface area contributed by atoms with Crippen LogP contribution in [-0.4, -0.2) is 41.5 Å². The number of nitrogens with one attached hydrogen (secondary N) is 1. The molecular weight excluding hydrogens is 310 g/mol. The van der Waals surface area contributed by atoms with E-state index in [-0.39, 0.29) is 11.9 Å². The van der Waals surface area contributed by atoms with E-state index in [4.69, 9.17) is 4.74 Å². The average molecular weight is 329 g/mol. The Bertz CT molecular complexity index is 680. The van der Waals surface area contributed by atoms with Crippen molar-refractivity contribution in [3.8, 4) is 10.9 Å². The highest BCUT2D eigenvalue weighted by atomic mass is 32.1. The van der Waals surface area contributed by atoms with E-state index in [0.29, 0.717) is 16.0 Å². The second-order valence-electron chi connectivity index (χ2n) is 6.12. The van der Waals surface area contributed by atoms with Crippen LogP contribution in [0.15, 0.2) is 36.5 Å². The highest BCUT2D eigenvalue weighted by Crippen LogP contribution is 2.29. The van der Waals surface area contributed by atoms with Crippen molar-refractivity contribution in [1.29, 1.82) is 0 Å². The molecule has 0 aliphatic carbocycles. The normalized spacial score (nSPS) is 26.0. The van der Waals surface area contributed by atoms with Crippen molar-refractivity contribution in [2.24, 2.45) is 5.92 Å². The third-order valence-corrected chi connectivity index (χ3v) is 5.50. The number of rotatable bonds is 4. The Labute approximate surface area is 139 Å². The summed E-state index contributed by atoms with van der Waals surface area (Å²) in [6.07, 6.45) is 3.98. The predicted octanol–water partition coefficient (Wildman–Crippen LogP) is 2.76. The third-order valence-electron chi connectivity index (χ3n) is 4.63. The summed E-state index contributed by atoms with van der Waals surface area (Å²) in [5.41, 5.74) is 0. The zero-order valence-electron chi connectivity index (χ0n) is 12.8. The SMILES string of the molecule is O=C(NC1CN2CCC1CC2)c1cnc(Oc2ccccc2)s1. The first-order valence-electron chi connectivity index (χ1n) is 8.00. The van der Waals surface area contributed by atoms with E-state index in [1.807, 2.05) is 30.3 Å². The summed E-state index contributed by atoms with van der Waals surface area (Å²) >= 11 is 1.29. The molecule has 3 fully saturated rings. The lowest BCUT2D eigenvalue weighted by molar-refractivity contribution is 0.0622. The smallest absolute Gasteiger partial charge is 0.279 e. The topological polar surface area (TPSA) is 54.5 Å². The summed E-state index contributed by atoms with van der Waals surface area (Å²) in [6, 6.07) is 9.75. The Morgan fingerprint density at radius 2 is 2.04 bits per heavy atom. The van der Waals surface area contributed by atoms with Gasteiger partial charge in [-0.3, -0.25) is 4.79 Å². The zero-order chi connectivity index (χ0) is 15.6. The standard InChI is InChI=1S/C17H19N3O2S/c21-16(19-14-11-20-8-6-12(14)7-9-20)15-10-18-17(23-15)22-13-4-2-1-3-5-13/h1-5,10,12,14H,6-9,11H2,(H,19,21). The fraction of sp³-hybridized carbons (Fsp3) is 0.412. The minimum Gasteiger partial charge on any atom is -0.431 e. The van der Waals surface area contributed by atoms with Gasteiger partial charge >= 0.3 is 0 Å². The minimum atomic E-state index is -0.0378. The van der Waals surface area contributed by atoms with Crippen LogP contribution in [0, 0.1) is 5.92 Å². The number of nitrogens with zero attached hydrogens (tertiary/aromatic N) is 2. The molecule has 120 valence electrons. The monoisotopic (exact) mass is 329 g/mol. The summed E-state index contributed by atoms with van der Waals surface area (Å²) in [4.78, 5) is 19.7. The number of amides is 1. The fourth-order valence-electron chi connectivity index (χ4n) is 3.37. The van der Waals surface area contributed by atoms with E-state index < -0.39 is 0 Å². The van der Waals surface area contributed by atoms with E-state index in [2.05, 4.69) is 15.2 Å². The Kier molecular flexibility index (Phi) is 4.01. The number of hydrogen-bond acceptors (Lipinski definition) is 5. The highest BCUT2D eigenvalue weighted by Gasteiger charge is 2.35. The molecule has 6 heteroatoms. The molecule has 23 heavy (non-hydrogen) atoms. The first kappa shape index (κ1) is 14.7. The number of piperidine rings is 3. The van der Waals surface area contributed by atoms with Crippen molar-refractivity contribution in [2.75, 3.05) is 19.6 Å². The maximum absolute atomic E-state index is 12.4. The van der Waals surface area contributed by atoms with E-state index in [1.165, 1.54) is 37.3 Å². The van der Waals surface area contributed by atoms with Crippen LogP contribution in [0.2, 0.25) is 0 Å². The van der Waals surface area contributed by atoms with Gasteiger partial charge in [-0.05, 0) is 44.0 Å². The minimum absolute atomic E-state index is 0.0378. The van der Waals surface area contributed by atoms with Crippen LogP contribution in [0.3, 0.4) is 0 Å². The Morgan fingerprint density at radius 1 is 1.26 bits per heavy atom. The first-order chi connectivity index (χ1) is 11.3. The number of para-hydroxylation sites is 1. The molecule has 3 saturated heterocycles. The number of thiazole rings is 1. The third kappa shape index (κ3) is 3.23. The molecule has 1 unspecified atom stereocenters. The van der Waals surface area contributed by atoms with Crippen molar-refractivity contribution in [2.45, 2.75) is 18.9 Å². The molecule has 2 aromatic rings. The van der Waals surface area contributed by atoms with E-state index in [1.54, 1.807) is 6.20 Å². The summed E-state index contributed by atoms with van der Waals surface area (Å²) < 4.78 is 5.67. The van der Waals surface area contributed by atoms with Gasteiger partial charge in [-0.2, -0.15) is 0 Å². The number of hydrogen-bond donors (Lipinski definition) is 1. The average Bonchev–Trinajstić information content (AvgIpc) is 3.05. The molecule has 2 bridgehead atoms. The van der Waals surface area contributed by atoms with E-state index in [0.717, 1.165) is 12.3 Å². The van der Waals surface area contributed by atoms with Gasteiger partial charge in [-0.25, -0.2) is 4.98 Å². The van der Waals surface area contributed by atoms with Crippen LogP contribution in [0.25, 0.3) is 0 Å². The Hall–Kier alpha value is -1.92. The van der Waals surface area contributed by atoms with Crippen LogP contribution < -0.4 is 10.1 Å². The highest BCUT2D eigenvalue weighted by molar-refractivity contribution is 7.15. The number of benzene rings is 1. The lowest BCUT2D eigenvalue weighted by atomic mass is 9.84. The molecule has 1 amide bonds. The molecule has 0 saturated carbocycles. The Balaban J connectivity index is 1.39. The predicted molar refractivity (Wildman–Crippen MR) is 89.0 cm³/mol. The molecule has 4 heterocycles. The van der Waals surface area contributed by atoms with Crippen LogP contribution in [-0.2, 0) is 0 Å². The summed E-state index contributed by atoms with van der Waals surface area (Å²) in [7, 11) is 0. The number of carbonyl (C=O) groups excluding carboxylic acids is 1. The largest absolute Gasteiger partial charge is 0.431 e. The molecule has 5 rings (SSSR count).